The van der Waals surface area contributed by atoms with Crippen LogP contribution in [0.4, 0.5) is 0 Å². The van der Waals surface area contributed by atoms with Gasteiger partial charge >= 0.3 is 0 Å². The Morgan fingerprint density at radius 1 is 0.765 bits per heavy atom. The molecule has 4 rings (SSSR count). The van der Waals surface area contributed by atoms with Crippen molar-refractivity contribution in [1.82, 2.24) is 0 Å². The first kappa shape index (κ1) is 24.3. The molecule has 1 unspecified atom stereocenters. The summed E-state index contributed by atoms with van der Waals surface area (Å²) in [6.07, 6.45) is 0.907. The summed E-state index contributed by atoms with van der Waals surface area (Å²) in [6.45, 7) is 1.45. The lowest BCUT2D eigenvalue weighted by Gasteiger charge is -2.28. The minimum atomic E-state index is 0.204. The largest absolute Gasteiger partial charge is 0.493 e. The Kier molecular flexibility index (Phi) is 8.25. The number of hydrogen-bond donors (Lipinski definition) is 0. The van der Waals surface area contributed by atoms with Crippen LogP contribution in [0.25, 0.3) is 0 Å². The summed E-state index contributed by atoms with van der Waals surface area (Å²) < 4.78 is 28.1. The highest BCUT2D eigenvalue weighted by Crippen LogP contribution is 2.48. The number of methoxy groups -OCH3 is 4. The van der Waals surface area contributed by atoms with Crippen molar-refractivity contribution in [3.05, 3.63) is 77.9 Å². The summed E-state index contributed by atoms with van der Waals surface area (Å²) in [5.74, 6) is 3.68. The van der Waals surface area contributed by atoms with Crippen molar-refractivity contribution < 1.29 is 23.7 Å². The van der Waals surface area contributed by atoms with Crippen molar-refractivity contribution in [1.29, 1.82) is 0 Å². The lowest BCUT2D eigenvalue weighted by Crippen LogP contribution is -2.21. The van der Waals surface area contributed by atoms with Gasteiger partial charge in [0.1, 0.15) is 0 Å². The number of benzene rings is 3. The van der Waals surface area contributed by atoms with E-state index < -0.39 is 0 Å². The molecule has 6 heteroatoms. The van der Waals surface area contributed by atoms with Crippen molar-refractivity contribution in [3.63, 3.8) is 0 Å². The van der Waals surface area contributed by atoms with Crippen molar-refractivity contribution in [3.8, 4) is 23.0 Å². The summed E-state index contributed by atoms with van der Waals surface area (Å²) in [6, 6.07) is 23.0. The SMILES string of the molecule is COc1ccc(C[C@@H]2COC[C@H]2C(Sc2ccccc2)c2ccc(OC)c(OC)c2)cc1OC. The average Bonchev–Trinajstić information content (AvgIpc) is 3.35. The van der Waals surface area contributed by atoms with Gasteiger partial charge in [-0.3, -0.25) is 0 Å². The average molecular weight is 481 g/mol. The fourth-order valence-corrected chi connectivity index (χ4v) is 5.91. The Morgan fingerprint density at radius 3 is 2.09 bits per heavy atom. The number of rotatable bonds is 10. The van der Waals surface area contributed by atoms with Crippen LogP contribution in [0.2, 0.25) is 0 Å². The molecule has 180 valence electrons. The molecule has 1 heterocycles. The summed E-state index contributed by atoms with van der Waals surface area (Å²) in [7, 11) is 6.68. The second-order valence-corrected chi connectivity index (χ2v) is 9.54. The second kappa shape index (κ2) is 11.5. The molecule has 3 atom stereocenters. The molecule has 1 aliphatic heterocycles. The monoisotopic (exact) mass is 480 g/mol. The van der Waals surface area contributed by atoms with E-state index in [4.69, 9.17) is 23.7 Å². The molecule has 0 N–H and O–H groups in total. The minimum absolute atomic E-state index is 0.204. The molecule has 3 aromatic rings. The van der Waals surface area contributed by atoms with Gasteiger partial charge < -0.3 is 23.7 Å². The molecule has 3 aromatic carbocycles. The normalized spacial score (nSPS) is 18.4. The highest BCUT2D eigenvalue weighted by Gasteiger charge is 2.36. The Labute approximate surface area is 206 Å². The van der Waals surface area contributed by atoms with Gasteiger partial charge in [0, 0.05) is 16.1 Å². The van der Waals surface area contributed by atoms with E-state index in [0.717, 1.165) is 42.6 Å². The zero-order chi connectivity index (χ0) is 23.9. The predicted octanol–water partition coefficient (Wildman–Crippen LogP) is 6.06. The molecule has 1 saturated heterocycles. The smallest absolute Gasteiger partial charge is 0.161 e. The topological polar surface area (TPSA) is 46.2 Å². The van der Waals surface area contributed by atoms with Crippen LogP contribution in [0.3, 0.4) is 0 Å². The molecule has 1 fully saturated rings. The van der Waals surface area contributed by atoms with Gasteiger partial charge in [-0.1, -0.05) is 30.3 Å². The molecule has 0 aliphatic carbocycles. The van der Waals surface area contributed by atoms with Crippen LogP contribution in [0, 0.1) is 11.8 Å². The quantitative estimate of drug-likeness (QED) is 0.329. The Morgan fingerprint density at radius 2 is 1.41 bits per heavy atom. The van der Waals surface area contributed by atoms with E-state index >= 15 is 0 Å². The van der Waals surface area contributed by atoms with Gasteiger partial charge in [0.15, 0.2) is 23.0 Å². The lowest BCUT2D eigenvalue weighted by molar-refractivity contribution is 0.180. The molecule has 34 heavy (non-hydrogen) atoms. The molecule has 1 aliphatic rings. The van der Waals surface area contributed by atoms with Gasteiger partial charge in [-0.15, -0.1) is 11.8 Å². The van der Waals surface area contributed by atoms with E-state index in [1.54, 1.807) is 28.4 Å². The van der Waals surface area contributed by atoms with E-state index in [2.05, 4.69) is 48.5 Å². The maximum absolute atomic E-state index is 6.06. The maximum Gasteiger partial charge on any atom is 0.161 e. The summed E-state index contributed by atoms with van der Waals surface area (Å²) in [5, 5.41) is 0.204. The molecule has 0 amide bonds. The van der Waals surface area contributed by atoms with E-state index in [9.17, 15) is 0 Å². The predicted molar refractivity (Wildman–Crippen MR) is 136 cm³/mol. The zero-order valence-corrected chi connectivity index (χ0v) is 21.0. The first-order valence-electron chi connectivity index (χ1n) is 11.4. The summed E-state index contributed by atoms with van der Waals surface area (Å²) >= 11 is 1.88. The summed E-state index contributed by atoms with van der Waals surface area (Å²) in [4.78, 5) is 1.24. The molecule has 0 spiro atoms. The Bertz CT molecular complexity index is 1070. The van der Waals surface area contributed by atoms with Crippen LogP contribution >= 0.6 is 11.8 Å². The van der Waals surface area contributed by atoms with Crippen molar-refractivity contribution in [2.75, 3.05) is 41.7 Å². The van der Waals surface area contributed by atoms with E-state index in [1.807, 2.05) is 30.0 Å². The molecule has 0 radical (unpaired) electrons. The molecular weight excluding hydrogens is 448 g/mol. The van der Waals surface area contributed by atoms with Gasteiger partial charge in [-0.25, -0.2) is 0 Å². The second-order valence-electron chi connectivity index (χ2n) is 8.32. The van der Waals surface area contributed by atoms with Crippen molar-refractivity contribution in [2.45, 2.75) is 16.6 Å². The van der Waals surface area contributed by atoms with Gasteiger partial charge in [-0.05, 0) is 59.9 Å². The fourth-order valence-electron chi connectivity index (χ4n) is 4.55. The molecule has 0 bridgehead atoms. The molecule has 5 nitrogen and oxygen atoms in total. The van der Waals surface area contributed by atoms with Crippen molar-refractivity contribution >= 4 is 11.8 Å². The van der Waals surface area contributed by atoms with E-state index in [1.165, 1.54) is 16.0 Å². The van der Waals surface area contributed by atoms with Crippen LogP contribution in [0.1, 0.15) is 16.4 Å². The Balaban J connectivity index is 1.65. The van der Waals surface area contributed by atoms with Crippen molar-refractivity contribution in [2.24, 2.45) is 11.8 Å². The van der Waals surface area contributed by atoms with E-state index in [0.29, 0.717) is 11.8 Å². The lowest BCUT2D eigenvalue weighted by atomic mass is 9.85. The third kappa shape index (κ3) is 5.45. The van der Waals surface area contributed by atoms with Crippen LogP contribution in [0.15, 0.2) is 71.6 Å². The first-order chi connectivity index (χ1) is 16.7. The fraction of sp³-hybridized carbons (Fsp3) is 0.357. The number of hydrogen-bond acceptors (Lipinski definition) is 6. The first-order valence-corrected chi connectivity index (χ1v) is 12.3. The minimum Gasteiger partial charge on any atom is -0.493 e. The van der Waals surface area contributed by atoms with Crippen LogP contribution in [-0.4, -0.2) is 41.7 Å². The molecule has 0 saturated carbocycles. The highest BCUT2D eigenvalue weighted by atomic mass is 32.2. The van der Waals surface area contributed by atoms with Gasteiger partial charge in [-0.2, -0.15) is 0 Å². The number of thioether (sulfide) groups is 1. The van der Waals surface area contributed by atoms with Crippen LogP contribution in [0.5, 0.6) is 23.0 Å². The third-order valence-electron chi connectivity index (χ3n) is 6.32. The summed E-state index contributed by atoms with van der Waals surface area (Å²) in [5.41, 5.74) is 2.42. The van der Waals surface area contributed by atoms with Crippen LogP contribution < -0.4 is 18.9 Å². The highest BCUT2D eigenvalue weighted by molar-refractivity contribution is 7.99. The maximum atomic E-state index is 6.06. The van der Waals surface area contributed by atoms with Gasteiger partial charge in [0.2, 0.25) is 0 Å². The molecular formula is C28H32O5S. The van der Waals surface area contributed by atoms with Crippen LogP contribution in [-0.2, 0) is 11.2 Å². The number of ether oxygens (including phenoxy) is 5. The standard InChI is InChI=1S/C28H32O5S/c1-29-24-12-10-19(15-26(24)31-3)14-21-17-33-18-23(21)28(34-22-8-6-5-7-9-22)20-11-13-25(30-2)27(16-20)32-4/h5-13,15-16,21,23,28H,14,17-18H2,1-4H3/t21-,23-,28?/m1/s1. The Hall–Kier alpha value is -2.83. The zero-order valence-electron chi connectivity index (χ0n) is 20.2. The van der Waals surface area contributed by atoms with Gasteiger partial charge in [0.05, 0.1) is 41.7 Å². The third-order valence-corrected chi connectivity index (χ3v) is 7.74. The molecule has 0 aromatic heterocycles. The van der Waals surface area contributed by atoms with E-state index in [-0.39, 0.29) is 5.25 Å². The van der Waals surface area contributed by atoms with Gasteiger partial charge in [0.25, 0.3) is 0 Å².